The zero-order chi connectivity index (χ0) is 24.4. The molecule has 4 aromatic rings. The van der Waals surface area contributed by atoms with Crippen LogP contribution in [-0.4, -0.2) is 20.7 Å². The van der Waals surface area contributed by atoms with Crippen molar-refractivity contribution in [2.24, 2.45) is 0 Å². The summed E-state index contributed by atoms with van der Waals surface area (Å²) in [5, 5.41) is 11.3. The van der Waals surface area contributed by atoms with Gasteiger partial charge in [-0.05, 0) is 49.7 Å². The number of allylic oxidation sites excluding steroid dienone is 1. The average Bonchev–Trinajstić information content (AvgIpc) is 3.32. The Morgan fingerprint density at radius 3 is 2.57 bits per heavy atom. The third-order valence-electron chi connectivity index (χ3n) is 5.87. The second-order valence-corrected chi connectivity index (χ2v) is 8.80. The van der Waals surface area contributed by atoms with E-state index in [0.29, 0.717) is 34.6 Å². The Morgan fingerprint density at radius 1 is 1.06 bits per heavy atom. The second kappa shape index (κ2) is 9.64. The number of hydrogen-bond donors (Lipinski definition) is 2. The summed E-state index contributed by atoms with van der Waals surface area (Å²) in [6.45, 7) is 4.23. The number of para-hydroxylation sites is 1. The molecule has 35 heavy (non-hydrogen) atoms. The van der Waals surface area contributed by atoms with E-state index in [1.807, 2.05) is 86.6 Å². The van der Waals surface area contributed by atoms with Gasteiger partial charge in [0.25, 0.3) is 5.91 Å². The smallest absolute Gasteiger partial charge is 0.255 e. The monoisotopic (exact) mass is 485 g/mol. The number of nitrogens with zero attached hydrogens (tertiary/aromatic N) is 3. The molecule has 176 valence electrons. The number of ether oxygens (including phenoxy) is 1. The van der Waals surface area contributed by atoms with Crippen LogP contribution in [0.1, 0.15) is 29.7 Å². The zero-order valence-corrected chi connectivity index (χ0v) is 20.1. The molecule has 0 bridgehead atoms. The van der Waals surface area contributed by atoms with Crippen LogP contribution in [0.5, 0.6) is 5.75 Å². The van der Waals surface area contributed by atoms with Crippen molar-refractivity contribution in [1.29, 1.82) is 0 Å². The fourth-order valence-corrected chi connectivity index (χ4v) is 4.21. The van der Waals surface area contributed by atoms with Crippen LogP contribution in [0.4, 0.5) is 11.6 Å². The molecular weight excluding hydrogens is 462 g/mol. The summed E-state index contributed by atoms with van der Waals surface area (Å²) in [6.07, 6.45) is 1.47. The van der Waals surface area contributed by atoms with E-state index in [4.69, 9.17) is 16.3 Å². The first-order chi connectivity index (χ1) is 17.0. The maximum absolute atomic E-state index is 13.6. The lowest BCUT2D eigenvalue weighted by Crippen LogP contribution is -2.31. The Labute approximate surface area is 208 Å². The van der Waals surface area contributed by atoms with E-state index in [1.54, 1.807) is 4.68 Å². The number of aromatic nitrogens is 3. The minimum absolute atomic E-state index is 0.225. The molecule has 0 spiro atoms. The van der Waals surface area contributed by atoms with Crippen LogP contribution in [0.2, 0.25) is 5.02 Å². The predicted octanol–water partition coefficient (Wildman–Crippen LogP) is 5.75. The number of benzene rings is 3. The first-order valence-electron chi connectivity index (χ1n) is 11.2. The number of carbonyl (C=O) groups excluding carboxylic acids is 1. The van der Waals surface area contributed by atoms with Crippen LogP contribution >= 0.6 is 11.6 Å². The predicted molar refractivity (Wildman–Crippen MR) is 137 cm³/mol. The fraction of sp³-hybridized carbons (Fsp3) is 0.148. The summed E-state index contributed by atoms with van der Waals surface area (Å²) >= 11 is 6.01. The lowest BCUT2D eigenvalue weighted by molar-refractivity contribution is -0.113. The second-order valence-electron chi connectivity index (χ2n) is 8.37. The van der Waals surface area contributed by atoms with Crippen molar-refractivity contribution >= 4 is 29.1 Å². The minimum Gasteiger partial charge on any atom is -0.489 e. The van der Waals surface area contributed by atoms with Crippen molar-refractivity contribution in [3.63, 3.8) is 0 Å². The Bertz CT molecular complexity index is 1390. The van der Waals surface area contributed by atoms with Crippen molar-refractivity contribution < 1.29 is 9.53 Å². The van der Waals surface area contributed by atoms with Gasteiger partial charge in [0.05, 0.1) is 5.57 Å². The van der Waals surface area contributed by atoms with E-state index in [-0.39, 0.29) is 5.91 Å². The lowest BCUT2D eigenvalue weighted by atomic mass is 9.94. The van der Waals surface area contributed by atoms with E-state index in [0.717, 1.165) is 22.4 Å². The molecule has 2 heterocycles. The maximum atomic E-state index is 13.6. The molecule has 3 aromatic carbocycles. The summed E-state index contributed by atoms with van der Waals surface area (Å²) in [5.74, 6) is 0.994. The molecule has 1 aliphatic heterocycles. The largest absolute Gasteiger partial charge is 0.489 e. The maximum Gasteiger partial charge on any atom is 0.255 e. The van der Waals surface area contributed by atoms with Crippen molar-refractivity contribution in [2.45, 2.75) is 26.5 Å². The lowest BCUT2D eigenvalue weighted by Gasteiger charge is -2.29. The van der Waals surface area contributed by atoms with Gasteiger partial charge in [0, 0.05) is 22.0 Å². The number of fused-ring (bicyclic) bond motifs is 1. The molecule has 7 nitrogen and oxygen atoms in total. The van der Waals surface area contributed by atoms with Crippen LogP contribution in [-0.2, 0) is 11.4 Å². The number of nitrogens with one attached hydrogen (secondary N) is 2. The topological polar surface area (TPSA) is 81.1 Å². The first kappa shape index (κ1) is 22.7. The molecule has 2 N–H and O–H groups in total. The molecule has 1 aromatic heterocycles. The van der Waals surface area contributed by atoms with Crippen molar-refractivity contribution in [1.82, 2.24) is 14.8 Å². The summed E-state index contributed by atoms with van der Waals surface area (Å²) < 4.78 is 7.93. The van der Waals surface area contributed by atoms with Gasteiger partial charge in [-0.2, -0.15) is 10.1 Å². The standard InChI is InChI=1S/C27H24ClN5O2/c1-17-7-13-21(14-8-17)32-26(34)24-18(2)31-27-29-16-30-33(27)25(24)22-5-3-4-6-23(22)35-15-19-9-11-20(28)12-10-19/h3-14,16,25H,15H2,1-2H3,(H,32,34)(H,29,30,31). The first-order valence-corrected chi connectivity index (χ1v) is 11.6. The molecule has 0 aliphatic carbocycles. The highest BCUT2D eigenvalue weighted by atomic mass is 35.5. The quantitative estimate of drug-likeness (QED) is 0.363. The Balaban J connectivity index is 1.50. The average molecular weight is 486 g/mol. The van der Waals surface area contributed by atoms with Crippen molar-refractivity contribution in [2.75, 3.05) is 10.6 Å². The fourth-order valence-electron chi connectivity index (χ4n) is 4.09. The molecule has 1 atom stereocenters. The van der Waals surface area contributed by atoms with Gasteiger partial charge in [0.2, 0.25) is 5.95 Å². The van der Waals surface area contributed by atoms with Gasteiger partial charge in [-0.15, -0.1) is 0 Å². The van der Waals surface area contributed by atoms with Crippen LogP contribution in [0.3, 0.4) is 0 Å². The Kier molecular flexibility index (Phi) is 6.25. The van der Waals surface area contributed by atoms with Gasteiger partial charge in [0.1, 0.15) is 24.7 Å². The summed E-state index contributed by atoms with van der Waals surface area (Å²) in [7, 11) is 0. The van der Waals surface area contributed by atoms with Gasteiger partial charge in [0.15, 0.2) is 0 Å². The summed E-state index contributed by atoms with van der Waals surface area (Å²) in [6, 6.07) is 22.4. The summed E-state index contributed by atoms with van der Waals surface area (Å²) in [5.41, 5.74) is 4.87. The molecule has 0 fully saturated rings. The SMILES string of the molecule is CC1=C(C(=O)Nc2ccc(C)cc2)C(c2ccccc2OCc2ccc(Cl)cc2)n2ncnc2N1. The van der Waals surface area contributed by atoms with E-state index in [9.17, 15) is 4.79 Å². The normalized spacial score (nSPS) is 14.8. The van der Waals surface area contributed by atoms with Crippen LogP contribution in [0, 0.1) is 6.92 Å². The van der Waals surface area contributed by atoms with E-state index in [2.05, 4.69) is 20.7 Å². The van der Waals surface area contributed by atoms with E-state index in [1.165, 1.54) is 6.33 Å². The number of halogens is 1. The molecule has 1 amide bonds. The molecular formula is C27H24ClN5O2. The molecule has 5 rings (SSSR count). The number of hydrogen-bond acceptors (Lipinski definition) is 5. The summed E-state index contributed by atoms with van der Waals surface area (Å²) in [4.78, 5) is 17.9. The Hall–Kier alpha value is -4.10. The van der Waals surface area contributed by atoms with Gasteiger partial charge in [-0.25, -0.2) is 4.68 Å². The van der Waals surface area contributed by atoms with E-state index >= 15 is 0 Å². The number of anilines is 2. The third kappa shape index (κ3) is 4.76. The van der Waals surface area contributed by atoms with Crippen molar-refractivity contribution in [3.05, 3.63) is 112 Å². The van der Waals surface area contributed by atoms with Crippen LogP contribution < -0.4 is 15.4 Å². The highest BCUT2D eigenvalue weighted by Crippen LogP contribution is 2.39. The zero-order valence-electron chi connectivity index (χ0n) is 19.3. The van der Waals surface area contributed by atoms with Crippen LogP contribution in [0.25, 0.3) is 0 Å². The van der Waals surface area contributed by atoms with Crippen molar-refractivity contribution in [3.8, 4) is 5.75 Å². The van der Waals surface area contributed by atoms with Gasteiger partial charge in [-0.3, -0.25) is 4.79 Å². The molecule has 1 aliphatic rings. The number of carbonyl (C=O) groups is 1. The molecule has 0 saturated carbocycles. The number of aryl methyl sites for hydroxylation is 1. The highest BCUT2D eigenvalue weighted by molar-refractivity contribution is 6.30. The van der Waals surface area contributed by atoms with Gasteiger partial charge >= 0.3 is 0 Å². The van der Waals surface area contributed by atoms with Crippen LogP contribution in [0.15, 0.2) is 90.4 Å². The minimum atomic E-state index is -0.527. The molecule has 0 radical (unpaired) electrons. The molecule has 1 unspecified atom stereocenters. The molecule has 8 heteroatoms. The third-order valence-corrected chi connectivity index (χ3v) is 6.12. The highest BCUT2D eigenvalue weighted by Gasteiger charge is 2.35. The number of amides is 1. The number of rotatable bonds is 6. The molecule has 0 saturated heterocycles. The van der Waals surface area contributed by atoms with Gasteiger partial charge in [-0.1, -0.05) is 59.6 Å². The Morgan fingerprint density at radius 2 is 1.80 bits per heavy atom. The van der Waals surface area contributed by atoms with E-state index < -0.39 is 6.04 Å². The van der Waals surface area contributed by atoms with Gasteiger partial charge < -0.3 is 15.4 Å².